The second-order valence-electron chi connectivity index (χ2n) is 5.77. The minimum Gasteiger partial charge on any atom is -0.487 e. The zero-order valence-electron chi connectivity index (χ0n) is 13.6. The fraction of sp³-hybridized carbons (Fsp3) is 0.450. The van der Waals surface area contributed by atoms with Gasteiger partial charge in [-0.3, -0.25) is 4.98 Å². The van der Waals surface area contributed by atoms with Crippen molar-refractivity contribution >= 4 is 0 Å². The van der Waals surface area contributed by atoms with E-state index in [2.05, 4.69) is 36.2 Å². The SMILES string of the molecule is CCCCCCCCc1ccc(OCc2ccccn2)cc1. The number of aromatic nitrogens is 1. The molecule has 0 fully saturated rings. The van der Waals surface area contributed by atoms with Gasteiger partial charge in [-0.2, -0.15) is 0 Å². The largest absolute Gasteiger partial charge is 0.487 e. The molecular formula is C20H27NO. The quantitative estimate of drug-likeness (QED) is 0.535. The molecule has 1 heterocycles. The Morgan fingerprint density at radius 3 is 2.36 bits per heavy atom. The van der Waals surface area contributed by atoms with Crippen LogP contribution in [0.2, 0.25) is 0 Å². The Bertz CT molecular complexity index is 507. The number of hydrogen-bond acceptors (Lipinski definition) is 2. The molecule has 2 rings (SSSR count). The Labute approximate surface area is 134 Å². The van der Waals surface area contributed by atoms with Gasteiger partial charge in [0.15, 0.2) is 0 Å². The second-order valence-corrected chi connectivity index (χ2v) is 5.77. The first kappa shape index (κ1) is 16.5. The van der Waals surface area contributed by atoms with Crippen molar-refractivity contribution in [3.05, 3.63) is 59.9 Å². The van der Waals surface area contributed by atoms with Gasteiger partial charge in [0.05, 0.1) is 5.69 Å². The number of hydrogen-bond donors (Lipinski definition) is 0. The molecule has 0 bridgehead atoms. The van der Waals surface area contributed by atoms with Gasteiger partial charge in [0.2, 0.25) is 0 Å². The summed E-state index contributed by atoms with van der Waals surface area (Å²) in [4.78, 5) is 4.26. The van der Waals surface area contributed by atoms with E-state index in [0.29, 0.717) is 6.61 Å². The fourth-order valence-electron chi connectivity index (χ4n) is 2.50. The molecule has 118 valence electrons. The third kappa shape index (κ3) is 6.30. The normalized spacial score (nSPS) is 10.6. The Balaban J connectivity index is 1.67. The summed E-state index contributed by atoms with van der Waals surface area (Å²) < 4.78 is 5.75. The molecule has 0 saturated carbocycles. The van der Waals surface area contributed by atoms with Crippen molar-refractivity contribution < 1.29 is 4.74 Å². The third-order valence-corrected chi connectivity index (χ3v) is 3.86. The highest BCUT2D eigenvalue weighted by Gasteiger charge is 1.98. The van der Waals surface area contributed by atoms with E-state index in [1.54, 1.807) is 6.20 Å². The summed E-state index contributed by atoms with van der Waals surface area (Å²) in [5.41, 5.74) is 2.36. The summed E-state index contributed by atoms with van der Waals surface area (Å²) in [6, 6.07) is 14.4. The van der Waals surface area contributed by atoms with E-state index in [-0.39, 0.29) is 0 Å². The number of nitrogens with zero attached hydrogens (tertiary/aromatic N) is 1. The summed E-state index contributed by atoms with van der Waals surface area (Å²) in [6.45, 7) is 2.79. The molecule has 0 unspecified atom stereocenters. The molecule has 2 heteroatoms. The maximum atomic E-state index is 5.75. The minimum absolute atomic E-state index is 0.525. The van der Waals surface area contributed by atoms with E-state index < -0.39 is 0 Å². The molecule has 22 heavy (non-hydrogen) atoms. The lowest BCUT2D eigenvalue weighted by atomic mass is 10.0. The van der Waals surface area contributed by atoms with Crippen molar-refractivity contribution in [2.75, 3.05) is 0 Å². The number of benzene rings is 1. The zero-order chi connectivity index (χ0) is 15.5. The van der Waals surface area contributed by atoms with E-state index in [1.807, 2.05) is 18.2 Å². The smallest absolute Gasteiger partial charge is 0.130 e. The number of aryl methyl sites for hydroxylation is 1. The molecule has 0 amide bonds. The summed E-state index contributed by atoms with van der Waals surface area (Å²) in [7, 11) is 0. The van der Waals surface area contributed by atoms with Crippen LogP contribution in [0.15, 0.2) is 48.7 Å². The van der Waals surface area contributed by atoms with Crippen LogP contribution in [0.4, 0.5) is 0 Å². The van der Waals surface area contributed by atoms with Crippen LogP contribution < -0.4 is 4.74 Å². The summed E-state index contributed by atoms with van der Waals surface area (Å²) in [5, 5.41) is 0. The first-order valence-corrected chi connectivity index (χ1v) is 8.50. The van der Waals surface area contributed by atoms with Crippen LogP contribution >= 0.6 is 0 Å². The van der Waals surface area contributed by atoms with Gasteiger partial charge >= 0.3 is 0 Å². The van der Waals surface area contributed by atoms with E-state index >= 15 is 0 Å². The van der Waals surface area contributed by atoms with Gasteiger partial charge in [-0.05, 0) is 42.7 Å². The topological polar surface area (TPSA) is 22.1 Å². The van der Waals surface area contributed by atoms with Crippen molar-refractivity contribution in [1.29, 1.82) is 0 Å². The Morgan fingerprint density at radius 1 is 0.864 bits per heavy atom. The van der Waals surface area contributed by atoms with Gasteiger partial charge in [-0.25, -0.2) is 0 Å². The number of rotatable bonds is 10. The van der Waals surface area contributed by atoms with Crippen LogP contribution in [0.1, 0.15) is 56.7 Å². The first-order chi connectivity index (χ1) is 10.9. The van der Waals surface area contributed by atoms with E-state index in [9.17, 15) is 0 Å². The van der Waals surface area contributed by atoms with Gasteiger partial charge in [0, 0.05) is 6.20 Å². The van der Waals surface area contributed by atoms with Crippen LogP contribution in [0, 0.1) is 0 Å². The maximum Gasteiger partial charge on any atom is 0.130 e. The molecule has 0 atom stereocenters. The van der Waals surface area contributed by atoms with Crippen LogP contribution in [0.5, 0.6) is 5.75 Å². The Hall–Kier alpha value is -1.83. The number of pyridine rings is 1. The monoisotopic (exact) mass is 297 g/mol. The fourth-order valence-corrected chi connectivity index (χ4v) is 2.50. The predicted octanol–water partition coefficient (Wildman–Crippen LogP) is 5.56. The molecule has 1 aromatic heterocycles. The summed E-state index contributed by atoms with van der Waals surface area (Å²) in [5.74, 6) is 0.914. The van der Waals surface area contributed by atoms with Crippen LogP contribution in [0.3, 0.4) is 0 Å². The molecule has 0 saturated heterocycles. The molecule has 2 nitrogen and oxygen atoms in total. The second kappa shape index (κ2) is 9.99. The molecular weight excluding hydrogens is 270 g/mol. The standard InChI is InChI=1S/C20H27NO/c1-2-3-4-5-6-7-10-18-12-14-20(15-13-18)22-17-19-11-8-9-16-21-19/h8-9,11-16H,2-7,10,17H2,1H3. The Kier molecular flexibility index (Phi) is 7.51. The van der Waals surface area contributed by atoms with Crippen molar-refractivity contribution in [3.8, 4) is 5.75 Å². The van der Waals surface area contributed by atoms with Crippen molar-refractivity contribution in [3.63, 3.8) is 0 Å². The van der Waals surface area contributed by atoms with Gasteiger partial charge in [0.25, 0.3) is 0 Å². The number of ether oxygens (including phenoxy) is 1. The van der Waals surface area contributed by atoms with Crippen molar-refractivity contribution in [1.82, 2.24) is 4.98 Å². The summed E-state index contributed by atoms with van der Waals surface area (Å²) >= 11 is 0. The highest BCUT2D eigenvalue weighted by atomic mass is 16.5. The molecule has 0 N–H and O–H groups in total. The highest BCUT2D eigenvalue weighted by Crippen LogP contribution is 2.16. The third-order valence-electron chi connectivity index (χ3n) is 3.86. The molecule has 1 aromatic carbocycles. The average molecular weight is 297 g/mol. The lowest BCUT2D eigenvalue weighted by molar-refractivity contribution is 0.301. The van der Waals surface area contributed by atoms with Gasteiger partial charge in [0.1, 0.15) is 12.4 Å². The van der Waals surface area contributed by atoms with Crippen LogP contribution in [0.25, 0.3) is 0 Å². The molecule has 0 spiro atoms. The molecule has 0 aliphatic carbocycles. The van der Waals surface area contributed by atoms with Crippen LogP contribution in [-0.4, -0.2) is 4.98 Å². The van der Waals surface area contributed by atoms with E-state index in [4.69, 9.17) is 4.74 Å². The van der Waals surface area contributed by atoms with E-state index in [0.717, 1.165) is 11.4 Å². The highest BCUT2D eigenvalue weighted by molar-refractivity contribution is 5.27. The zero-order valence-corrected chi connectivity index (χ0v) is 13.6. The van der Waals surface area contributed by atoms with E-state index in [1.165, 1.54) is 50.5 Å². The molecule has 0 aliphatic rings. The summed E-state index contributed by atoms with van der Waals surface area (Å²) in [6.07, 6.45) is 11.1. The van der Waals surface area contributed by atoms with Crippen molar-refractivity contribution in [2.24, 2.45) is 0 Å². The first-order valence-electron chi connectivity index (χ1n) is 8.50. The van der Waals surface area contributed by atoms with Gasteiger partial charge in [-0.15, -0.1) is 0 Å². The molecule has 0 radical (unpaired) electrons. The average Bonchev–Trinajstić information content (AvgIpc) is 2.58. The predicted molar refractivity (Wildman–Crippen MR) is 92.1 cm³/mol. The van der Waals surface area contributed by atoms with Crippen LogP contribution in [-0.2, 0) is 13.0 Å². The molecule has 2 aromatic rings. The number of unbranched alkanes of at least 4 members (excludes halogenated alkanes) is 5. The molecule has 0 aliphatic heterocycles. The van der Waals surface area contributed by atoms with Gasteiger partial charge < -0.3 is 4.74 Å². The maximum absolute atomic E-state index is 5.75. The Morgan fingerprint density at radius 2 is 1.64 bits per heavy atom. The minimum atomic E-state index is 0.525. The lowest BCUT2D eigenvalue weighted by Gasteiger charge is -2.07. The van der Waals surface area contributed by atoms with Crippen molar-refractivity contribution in [2.45, 2.75) is 58.5 Å². The van der Waals surface area contributed by atoms with Gasteiger partial charge in [-0.1, -0.05) is 57.2 Å². The lowest BCUT2D eigenvalue weighted by Crippen LogP contribution is -1.97.